The summed E-state index contributed by atoms with van der Waals surface area (Å²) in [7, 11) is 0. The van der Waals surface area contributed by atoms with Gasteiger partial charge in [-0.05, 0) is 48.9 Å². The minimum Gasteiger partial charge on any atom is -0.481 e. The molecule has 0 spiro atoms. The van der Waals surface area contributed by atoms with Crippen LogP contribution in [0.5, 0.6) is 0 Å². The molecule has 7 nitrogen and oxygen atoms in total. The number of carboxylic acid groups (broad SMARTS) is 1. The third-order valence-corrected chi connectivity index (χ3v) is 6.95. The second kappa shape index (κ2) is 10.3. The molecule has 7 heteroatoms. The van der Waals surface area contributed by atoms with Crippen molar-refractivity contribution in [1.82, 2.24) is 10.2 Å². The van der Waals surface area contributed by atoms with E-state index in [1.54, 1.807) is 4.90 Å². The van der Waals surface area contributed by atoms with Gasteiger partial charge < -0.3 is 20.1 Å². The average Bonchev–Trinajstić information content (AvgIpc) is 3.39. The molecule has 1 fully saturated rings. The first kappa shape index (κ1) is 23.8. The molecule has 2 N–H and O–H groups in total. The predicted molar refractivity (Wildman–Crippen MR) is 128 cm³/mol. The van der Waals surface area contributed by atoms with Crippen molar-refractivity contribution < 1.29 is 24.2 Å². The van der Waals surface area contributed by atoms with E-state index in [0.717, 1.165) is 17.5 Å². The molecule has 0 aromatic heterocycles. The molecule has 0 radical (unpaired) electrons. The van der Waals surface area contributed by atoms with Crippen LogP contribution in [0.1, 0.15) is 56.6 Å². The first-order valence-electron chi connectivity index (χ1n) is 12.0. The van der Waals surface area contributed by atoms with Crippen LogP contribution < -0.4 is 5.32 Å². The number of hydrogen-bond donors (Lipinski definition) is 2. The lowest BCUT2D eigenvalue weighted by Gasteiger charge is -2.31. The molecular formula is C27H32N2O5. The third-order valence-electron chi connectivity index (χ3n) is 6.95. The Morgan fingerprint density at radius 3 is 2.24 bits per heavy atom. The predicted octanol–water partition coefficient (Wildman–Crippen LogP) is 4.41. The molecule has 0 aliphatic heterocycles. The number of benzene rings is 2. The first-order chi connectivity index (χ1) is 16.4. The van der Waals surface area contributed by atoms with Crippen LogP contribution in [-0.2, 0) is 14.3 Å². The zero-order chi connectivity index (χ0) is 24.2. The molecule has 34 heavy (non-hydrogen) atoms. The Bertz CT molecular complexity index is 1020. The normalized spacial score (nSPS) is 18.9. The largest absolute Gasteiger partial charge is 0.481 e. The number of hydrogen-bond acceptors (Lipinski definition) is 4. The molecular weight excluding hydrogens is 432 g/mol. The van der Waals surface area contributed by atoms with Crippen molar-refractivity contribution >= 4 is 18.0 Å². The van der Waals surface area contributed by atoms with E-state index >= 15 is 0 Å². The molecule has 180 valence electrons. The highest BCUT2D eigenvalue weighted by Gasteiger charge is 2.38. The van der Waals surface area contributed by atoms with Crippen molar-refractivity contribution in [1.29, 1.82) is 0 Å². The average molecular weight is 465 g/mol. The molecule has 0 bridgehead atoms. The van der Waals surface area contributed by atoms with E-state index in [9.17, 15) is 14.4 Å². The monoisotopic (exact) mass is 464 g/mol. The fourth-order valence-electron chi connectivity index (χ4n) is 5.27. The zero-order valence-corrected chi connectivity index (χ0v) is 19.7. The number of nitrogens with one attached hydrogen (secondary N) is 1. The van der Waals surface area contributed by atoms with Gasteiger partial charge in [-0.1, -0.05) is 55.0 Å². The molecule has 0 heterocycles. The number of nitrogens with zero attached hydrogens (tertiary/aromatic N) is 1. The standard InChI is InChI=1S/C27H32N2O5/c1-17(2)29(15-14-25(30)31)26(32)22-12-7-13-24(22)28-27(33)34-16-23-20-10-5-3-8-18(20)19-9-4-6-11-21(19)23/h3-6,8-11,17,22-24H,7,12-16H2,1-2H3,(H,28,33)(H,30,31)/t22-,24+/m1/s1. The van der Waals surface area contributed by atoms with Crippen molar-refractivity contribution in [2.45, 2.75) is 57.5 Å². The van der Waals surface area contributed by atoms with Crippen molar-refractivity contribution in [2.75, 3.05) is 13.2 Å². The number of aliphatic carboxylic acids is 1. The van der Waals surface area contributed by atoms with Gasteiger partial charge >= 0.3 is 12.1 Å². The summed E-state index contributed by atoms with van der Waals surface area (Å²) in [5.41, 5.74) is 4.64. The fraction of sp³-hybridized carbons (Fsp3) is 0.444. The van der Waals surface area contributed by atoms with Crippen molar-refractivity contribution in [2.24, 2.45) is 5.92 Å². The van der Waals surface area contributed by atoms with Crippen LogP contribution in [-0.4, -0.2) is 53.2 Å². The van der Waals surface area contributed by atoms with Crippen molar-refractivity contribution in [3.63, 3.8) is 0 Å². The van der Waals surface area contributed by atoms with Gasteiger partial charge in [0.05, 0.1) is 12.3 Å². The summed E-state index contributed by atoms with van der Waals surface area (Å²) in [4.78, 5) is 38.5. The maximum atomic E-state index is 13.2. The topological polar surface area (TPSA) is 95.9 Å². The first-order valence-corrected chi connectivity index (χ1v) is 12.0. The van der Waals surface area contributed by atoms with Gasteiger partial charge in [-0.15, -0.1) is 0 Å². The molecule has 2 aromatic carbocycles. The zero-order valence-electron chi connectivity index (χ0n) is 19.7. The van der Waals surface area contributed by atoms with Crippen LogP contribution in [0.15, 0.2) is 48.5 Å². The van der Waals surface area contributed by atoms with Crippen LogP contribution in [0.25, 0.3) is 11.1 Å². The van der Waals surface area contributed by atoms with E-state index in [4.69, 9.17) is 9.84 Å². The highest BCUT2D eigenvalue weighted by atomic mass is 16.5. The maximum Gasteiger partial charge on any atom is 0.407 e. The molecule has 0 saturated heterocycles. The lowest BCUT2D eigenvalue weighted by molar-refractivity contribution is -0.141. The van der Waals surface area contributed by atoms with Gasteiger partial charge in [-0.25, -0.2) is 4.79 Å². The number of carbonyl (C=O) groups excluding carboxylic acids is 2. The highest BCUT2D eigenvalue weighted by molar-refractivity contribution is 5.82. The number of alkyl carbamates (subject to hydrolysis) is 1. The lowest BCUT2D eigenvalue weighted by Crippen LogP contribution is -2.48. The Kier molecular flexibility index (Phi) is 7.20. The molecule has 4 rings (SSSR count). The maximum absolute atomic E-state index is 13.2. The minimum absolute atomic E-state index is 0.0217. The smallest absolute Gasteiger partial charge is 0.407 e. The quantitative estimate of drug-likeness (QED) is 0.604. The van der Waals surface area contributed by atoms with Gasteiger partial charge in [0, 0.05) is 24.5 Å². The van der Waals surface area contributed by atoms with E-state index in [2.05, 4.69) is 29.6 Å². The molecule has 1 saturated carbocycles. The number of carbonyl (C=O) groups is 3. The minimum atomic E-state index is -0.932. The molecule has 2 amide bonds. The Morgan fingerprint density at radius 1 is 1.03 bits per heavy atom. The van der Waals surface area contributed by atoms with E-state index in [1.165, 1.54) is 11.1 Å². The van der Waals surface area contributed by atoms with Gasteiger partial charge in [-0.2, -0.15) is 0 Å². The summed E-state index contributed by atoms with van der Waals surface area (Å²) >= 11 is 0. The molecule has 2 aliphatic rings. The summed E-state index contributed by atoms with van der Waals surface area (Å²) in [5.74, 6) is -1.42. The van der Waals surface area contributed by atoms with Crippen LogP contribution in [0, 0.1) is 5.92 Å². The van der Waals surface area contributed by atoms with E-state index < -0.39 is 12.1 Å². The summed E-state index contributed by atoms with van der Waals surface area (Å²) < 4.78 is 5.66. The molecule has 2 aromatic rings. The Labute approximate surface area is 200 Å². The second-order valence-corrected chi connectivity index (χ2v) is 9.38. The Balaban J connectivity index is 1.38. The third kappa shape index (κ3) is 4.93. The van der Waals surface area contributed by atoms with Crippen molar-refractivity contribution in [3.05, 3.63) is 59.7 Å². The van der Waals surface area contributed by atoms with Gasteiger partial charge in [0.25, 0.3) is 0 Å². The highest BCUT2D eigenvalue weighted by Crippen LogP contribution is 2.44. The summed E-state index contributed by atoms with van der Waals surface area (Å²) in [5, 5.41) is 11.9. The van der Waals surface area contributed by atoms with E-state index in [1.807, 2.05) is 38.1 Å². The summed E-state index contributed by atoms with van der Waals surface area (Å²) in [6.07, 6.45) is 1.58. The SMILES string of the molecule is CC(C)N(CCC(=O)O)C(=O)[C@@H]1CCC[C@@H]1NC(=O)OCC1c2ccccc2-c2ccccc21. The van der Waals surface area contributed by atoms with Crippen LogP contribution in [0.2, 0.25) is 0 Å². The Morgan fingerprint density at radius 2 is 1.65 bits per heavy atom. The summed E-state index contributed by atoms with van der Waals surface area (Å²) in [6.45, 7) is 4.15. The van der Waals surface area contributed by atoms with Crippen LogP contribution in [0.3, 0.4) is 0 Å². The number of carboxylic acids is 1. The number of fused-ring (bicyclic) bond motifs is 3. The van der Waals surface area contributed by atoms with Gasteiger partial charge in [0.2, 0.25) is 5.91 Å². The van der Waals surface area contributed by atoms with Crippen LogP contribution in [0.4, 0.5) is 4.79 Å². The summed E-state index contributed by atoms with van der Waals surface area (Å²) in [6, 6.07) is 15.9. The number of amides is 2. The van der Waals surface area contributed by atoms with Crippen molar-refractivity contribution in [3.8, 4) is 11.1 Å². The van der Waals surface area contributed by atoms with E-state index in [-0.39, 0.29) is 49.4 Å². The van der Waals surface area contributed by atoms with Gasteiger partial charge in [0.15, 0.2) is 0 Å². The van der Waals surface area contributed by atoms with Gasteiger partial charge in [0.1, 0.15) is 6.61 Å². The Hall–Kier alpha value is -3.35. The number of ether oxygens (including phenoxy) is 1. The molecule has 2 aliphatic carbocycles. The van der Waals surface area contributed by atoms with Gasteiger partial charge in [-0.3, -0.25) is 9.59 Å². The number of rotatable bonds is 8. The molecule has 2 atom stereocenters. The molecule has 0 unspecified atom stereocenters. The lowest BCUT2D eigenvalue weighted by atomic mass is 9.98. The van der Waals surface area contributed by atoms with Crippen LogP contribution >= 0.6 is 0 Å². The van der Waals surface area contributed by atoms with E-state index in [0.29, 0.717) is 12.8 Å². The fourth-order valence-corrected chi connectivity index (χ4v) is 5.27. The second-order valence-electron chi connectivity index (χ2n) is 9.38.